The molecule has 0 unspecified atom stereocenters. The summed E-state index contributed by atoms with van der Waals surface area (Å²) in [4.78, 5) is 40.1. The van der Waals surface area contributed by atoms with E-state index in [4.69, 9.17) is 0 Å². The number of carbonyl (C=O) groups excluding carboxylic acids is 4. The van der Waals surface area contributed by atoms with Crippen LogP contribution in [0.1, 0.15) is 0 Å². The molecule has 7 radical (unpaired) electrons. The van der Waals surface area contributed by atoms with E-state index in [9.17, 15) is 19.2 Å². The van der Waals surface area contributed by atoms with Crippen LogP contribution in [0.4, 0.5) is 0 Å². The van der Waals surface area contributed by atoms with Crippen LogP contribution in [0.3, 0.4) is 0 Å². The highest BCUT2D eigenvalue weighted by Gasteiger charge is 2.07. The van der Waals surface area contributed by atoms with Crippen LogP contribution in [0.15, 0.2) is 24.3 Å². The Morgan fingerprint density at radius 3 is 0.875 bits per heavy atom. The molecule has 2 aliphatic rings. The van der Waals surface area contributed by atoms with E-state index in [-0.39, 0.29) is 37.2 Å². The number of rotatable bonds is 0. The van der Waals surface area contributed by atoms with Gasteiger partial charge in [-0.25, -0.2) is 0 Å². The Labute approximate surface area is 92.2 Å². The maximum Gasteiger partial charge on any atom is 0.250 e. The maximum atomic E-state index is 10.0. The third-order valence-electron chi connectivity index (χ3n) is 1.26. The van der Waals surface area contributed by atoms with Crippen molar-refractivity contribution in [3.05, 3.63) is 31.7 Å². The molecule has 0 aliphatic carbocycles. The zero-order valence-electron chi connectivity index (χ0n) is 7.89. The van der Waals surface area contributed by atoms with E-state index in [1.54, 1.807) is 0 Å². The van der Waals surface area contributed by atoms with E-state index >= 15 is 0 Å². The summed E-state index contributed by atoms with van der Waals surface area (Å²) in [5.41, 5.74) is 0. The third kappa shape index (κ3) is 5.45. The van der Waals surface area contributed by atoms with Crippen LogP contribution < -0.4 is 16.8 Å². The second-order valence-corrected chi connectivity index (χ2v) is 2.37. The summed E-state index contributed by atoms with van der Waals surface area (Å²) in [5.74, 6) is -1.31. The molecular weight excluding hydrogens is 214 g/mol. The van der Waals surface area contributed by atoms with Crippen molar-refractivity contribution in [1.29, 1.82) is 0 Å². The van der Waals surface area contributed by atoms with Crippen LogP contribution in [-0.2, 0) is 19.2 Å². The van der Waals surface area contributed by atoms with Crippen molar-refractivity contribution in [2.75, 3.05) is 0 Å². The molecule has 16 heavy (non-hydrogen) atoms. The van der Waals surface area contributed by atoms with Crippen LogP contribution in [0.25, 0.3) is 0 Å². The van der Waals surface area contributed by atoms with Gasteiger partial charge in [0.05, 0.1) is 0 Å². The summed E-state index contributed by atoms with van der Waals surface area (Å²) >= 11 is 0. The average molecular weight is 220 g/mol. The van der Waals surface area contributed by atoms with E-state index in [1.165, 1.54) is 24.3 Å². The zero-order valence-corrected chi connectivity index (χ0v) is 7.89. The minimum atomic E-state index is -0.329. The molecule has 4 amide bonds. The van der Waals surface area contributed by atoms with Crippen LogP contribution >= 0.6 is 0 Å². The molecule has 0 aromatic heterocycles. The normalized spacial score (nSPS) is 15.5. The molecule has 7 nitrogen and oxygen atoms in total. The van der Waals surface area contributed by atoms with Gasteiger partial charge in [0.25, 0.3) is 23.6 Å². The highest BCUT2D eigenvalue weighted by Crippen LogP contribution is 1.83. The van der Waals surface area contributed by atoms with Crippen molar-refractivity contribution >= 4 is 23.6 Å². The molecule has 7 heteroatoms. The van der Waals surface area contributed by atoms with Crippen molar-refractivity contribution in [2.45, 2.75) is 0 Å². The first-order chi connectivity index (χ1) is 6.58. The molecule has 0 aromatic carbocycles. The first-order valence-electron chi connectivity index (χ1n) is 3.64. The third-order valence-corrected chi connectivity index (χ3v) is 1.26. The van der Waals surface area contributed by atoms with E-state index < -0.39 is 0 Å². The lowest BCUT2D eigenvalue weighted by Gasteiger charge is -1.80. The van der Waals surface area contributed by atoms with Gasteiger partial charge in [-0.3, -0.25) is 29.8 Å². The number of hydrogen-bond donors (Lipinski definition) is 2. The Balaban J connectivity index is 0. The minimum absolute atomic E-state index is 0. The molecule has 2 rings (SSSR count). The van der Waals surface area contributed by atoms with Gasteiger partial charge in [-0.05, 0) is 0 Å². The van der Waals surface area contributed by atoms with Gasteiger partial charge in [-0.1, -0.05) is 0 Å². The van der Waals surface area contributed by atoms with Crippen molar-refractivity contribution in [3.8, 4) is 0 Å². The zero-order chi connectivity index (χ0) is 10.6. The predicted octanol–water partition coefficient (Wildman–Crippen LogP) is -2.00. The number of carbonyl (C=O) groups is 4. The Hall–Kier alpha value is -2.28. The lowest BCUT2D eigenvalue weighted by molar-refractivity contribution is -0.125. The fourth-order valence-corrected chi connectivity index (χ4v) is 0.712. The largest absolute Gasteiger partial charge is 0.289 e. The van der Waals surface area contributed by atoms with E-state index in [0.717, 1.165) is 0 Å². The molecule has 0 spiro atoms. The van der Waals surface area contributed by atoms with Crippen molar-refractivity contribution in [1.82, 2.24) is 16.8 Å². The summed E-state index contributed by atoms with van der Waals surface area (Å²) in [6, 6.07) is 0. The lowest BCUT2D eigenvalue weighted by atomic mass is 10.6. The van der Waals surface area contributed by atoms with E-state index in [1.807, 2.05) is 10.6 Å². The molecule has 0 fully saturated rings. The van der Waals surface area contributed by atoms with Gasteiger partial charge in [0.1, 0.15) is 0 Å². The molecule has 0 atom stereocenters. The van der Waals surface area contributed by atoms with Crippen LogP contribution in [-0.4, -0.2) is 23.6 Å². The summed E-state index contributed by atoms with van der Waals surface area (Å²) in [6.45, 7) is 0. The second kappa shape index (κ2) is 7.07. The Bertz CT molecular complexity index is 303. The molecule has 0 saturated heterocycles. The van der Waals surface area contributed by atoms with Gasteiger partial charge in [0.15, 0.2) is 0 Å². The standard InChI is InChI=1S/2C4H3NO2.C.N/c2*6-3-1-2-4(7)5-3;;/h2*1-2H,(H,5,6,7);;. The topological polar surface area (TPSA) is 123 Å². The molecule has 2 heterocycles. The summed E-state index contributed by atoms with van der Waals surface area (Å²) in [6.07, 6.45) is 4.79. The molecular formula is C9H6N3O4. The molecule has 81 valence electrons. The predicted molar refractivity (Wildman–Crippen MR) is 50.0 cm³/mol. The summed E-state index contributed by atoms with van der Waals surface area (Å²) in [7, 11) is 0. The van der Waals surface area contributed by atoms with Gasteiger partial charge in [-0.15, -0.1) is 0 Å². The van der Waals surface area contributed by atoms with Crippen LogP contribution in [0.5, 0.6) is 0 Å². The number of amides is 4. The van der Waals surface area contributed by atoms with Crippen molar-refractivity contribution < 1.29 is 19.2 Å². The van der Waals surface area contributed by atoms with E-state index in [0.29, 0.717) is 0 Å². The van der Waals surface area contributed by atoms with Crippen LogP contribution in [0, 0.1) is 7.43 Å². The second-order valence-electron chi connectivity index (χ2n) is 2.37. The summed E-state index contributed by atoms with van der Waals surface area (Å²) in [5, 5.41) is 4.06. The molecule has 0 bridgehead atoms. The van der Waals surface area contributed by atoms with Gasteiger partial charge in [0.2, 0.25) is 0 Å². The Kier molecular flexibility index (Phi) is 7.14. The summed E-state index contributed by atoms with van der Waals surface area (Å²) < 4.78 is 0. The minimum Gasteiger partial charge on any atom is -0.289 e. The fraction of sp³-hybridized carbons (Fsp3) is 0. The van der Waals surface area contributed by atoms with Gasteiger partial charge in [0, 0.05) is 37.9 Å². The fourth-order valence-electron chi connectivity index (χ4n) is 0.712. The highest BCUT2D eigenvalue weighted by atomic mass is 16.2. The molecule has 0 saturated carbocycles. The van der Waals surface area contributed by atoms with Crippen LogP contribution in [0.2, 0.25) is 0 Å². The first kappa shape index (κ1) is 16.2. The van der Waals surface area contributed by atoms with Crippen molar-refractivity contribution in [3.63, 3.8) is 0 Å². The molecule has 0 aromatic rings. The van der Waals surface area contributed by atoms with E-state index in [2.05, 4.69) is 0 Å². The van der Waals surface area contributed by atoms with Gasteiger partial charge in [-0.2, -0.15) is 0 Å². The molecule has 2 aliphatic heterocycles. The number of nitrogens with one attached hydrogen (secondary N) is 2. The maximum absolute atomic E-state index is 10.0. The Morgan fingerprint density at radius 1 is 0.625 bits per heavy atom. The molecule has 2 N–H and O–H groups in total. The van der Waals surface area contributed by atoms with Gasteiger partial charge < -0.3 is 0 Å². The van der Waals surface area contributed by atoms with Gasteiger partial charge >= 0.3 is 0 Å². The first-order valence-corrected chi connectivity index (χ1v) is 3.64. The average Bonchev–Trinajstić information content (AvgIpc) is 2.63. The Morgan fingerprint density at radius 2 is 0.812 bits per heavy atom. The van der Waals surface area contributed by atoms with Crippen molar-refractivity contribution in [2.24, 2.45) is 0 Å². The monoisotopic (exact) mass is 220 g/mol. The smallest absolute Gasteiger partial charge is 0.250 e. The number of imide groups is 2. The number of nitrogens with zero attached hydrogens (tertiary/aromatic N) is 1. The SMILES string of the molecule is O=C1C=CC(=O)N1.O=C1C=CC(=O)N1.[C].[N]. The quantitative estimate of drug-likeness (QED) is 0.458. The number of hydrogen-bond acceptors (Lipinski definition) is 4. The lowest BCUT2D eigenvalue weighted by Crippen LogP contribution is -2.19. The highest BCUT2D eigenvalue weighted by molar-refractivity contribution is 6.13.